The molecule has 0 bridgehead atoms. The summed E-state index contributed by atoms with van der Waals surface area (Å²) in [4.78, 5) is 12.2. The summed E-state index contributed by atoms with van der Waals surface area (Å²) in [6.07, 6.45) is 8.82. The number of carbonyl (C=O) groups is 1. The molecule has 0 saturated carbocycles. The van der Waals surface area contributed by atoms with E-state index in [1.165, 1.54) is 24.7 Å². The lowest BCUT2D eigenvalue weighted by molar-refractivity contribution is -0.121. The highest BCUT2D eigenvalue weighted by Gasteiger charge is 2.47. The summed E-state index contributed by atoms with van der Waals surface area (Å²) in [5.41, 5.74) is 1.04. The van der Waals surface area contributed by atoms with Crippen molar-refractivity contribution in [3.8, 4) is 0 Å². The van der Waals surface area contributed by atoms with E-state index in [9.17, 15) is 4.79 Å². The zero-order valence-corrected chi connectivity index (χ0v) is 14.3. The first kappa shape index (κ1) is 17.9. The Labute approximate surface area is 131 Å². The second-order valence-corrected chi connectivity index (χ2v) is 6.58. The molecule has 0 saturated heterocycles. The molecule has 21 heavy (non-hydrogen) atoms. The van der Waals surface area contributed by atoms with Gasteiger partial charge in [0.25, 0.3) is 0 Å². The van der Waals surface area contributed by atoms with Crippen LogP contribution in [0.1, 0.15) is 78.2 Å². The number of benzene rings is 1. The van der Waals surface area contributed by atoms with Crippen LogP contribution >= 0.6 is 0 Å². The molecule has 0 radical (unpaired) electrons. The van der Waals surface area contributed by atoms with Crippen LogP contribution in [0.25, 0.3) is 0 Å². The predicted molar refractivity (Wildman–Crippen MR) is 91.6 cm³/mol. The van der Waals surface area contributed by atoms with Crippen molar-refractivity contribution in [1.29, 1.82) is 0 Å². The van der Waals surface area contributed by atoms with Crippen molar-refractivity contribution in [3.63, 3.8) is 0 Å². The Bertz CT molecular complexity index is 403. The molecule has 118 valence electrons. The van der Waals surface area contributed by atoms with E-state index >= 15 is 0 Å². The minimum atomic E-state index is -0.229. The van der Waals surface area contributed by atoms with E-state index < -0.39 is 0 Å². The van der Waals surface area contributed by atoms with Crippen LogP contribution in [0, 0.1) is 5.41 Å². The molecule has 1 aromatic carbocycles. The molecule has 1 nitrogen and oxygen atoms in total. The van der Waals surface area contributed by atoms with Crippen molar-refractivity contribution in [3.05, 3.63) is 35.9 Å². The van der Waals surface area contributed by atoms with Crippen LogP contribution in [-0.4, -0.2) is 6.29 Å². The van der Waals surface area contributed by atoms with Crippen LogP contribution in [0.5, 0.6) is 0 Å². The largest absolute Gasteiger partial charge is 0.303 e. The lowest BCUT2D eigenvalue weighted by Gasteiger charge is -2.46. The van der Waals surface area contributed by atoms with Gasteiger partial charge in [-0.05, 0) is 24.8 Å². The Morgan fingerprint density at radius 2 is 1.48 bits per heavy atom. The summed E-state index contributed by atoms with van der Waals surface area (Å²) in [5.74, 6) is 0. The maximum absolute atomic E-state index is 12.2. The van der Waals surface area contributed by atoms with Crippen LogP contribution in [0.4, 0.5) is 0 Å². The lowest BCUT2D eigenvalue weighted by Crippen LogP contribution is -2.45. The zero-order valence-electron chi connectivity index (χ0n) is 14.3. The van der Waals surface area contributed by atoms with Crippen LogP contribution in [0.3, 0.4) is 0 Å². The molecule has 1 aromatic rings. The van der Waals surface area contributed by atoms with E-state index in [0.29, 0.717) is 0 Å². The van der Waals surface area contributed by atoms with E-state index in [1.54, 1.807) is 0 Å². The molecule has 1 atom stereocenters. The van der Waals surface area contributed by atoms with Gasteiger partial charge in [0.2, 0.25) is 0 Å². The Hall–Kier alpha value is -1.11. The summed E-state index contributed by atoms with van der Waals surface area (Å²) in [5, 5.41) is 0. The van der Waals surface area contributed by atoms with Gasteiger partial charge in [-0.1, -0.05) is 83.7 Å². The fraction of sp³-hybridized carbons (Fsp3) is 0.650. The first-order valence-corrected chi connectivity index (χ1v) is 8.62. The topological polar surface area (TPSA) is 17.1 Å². The summed E-state index contributed by atoms with van der Waals surface area (Å²) in [7, 11) is 0. The molecule has 0 aliphatic rings. The lowest BCUT2D eigenvalue weighted by atomic mass is 9.56. The van der Waals surface area contributed by atoms with Crippen molar-refractivity contribution in [2.24, 2.45) is 5.41 Å². The van der Waals surface area contributed by atoms with Crippen molar-refractivity contribution in [2.45, 2.75) is 78.1 Å². The van der Waals surface area contributed by atoms with Crippen LogP contribution in [0.15, 0.2) is 30.3 Å². The number of aldehydes is 1. The zero-order chi connectivity index (χ0) is 15.8. The van der Waals surface area contributed by atoms with Gasteiger partial charge in [0.05, 0.1) is 0 Å². The Morgan fingerprint density at radius 1 is 0.905 bits per heavy atom. The summed E-state index contributed by atoms with van der Waals surface area (Å²) >= 11 is 0. The molecule has 1 heteroatoms. The van der Waals surface area contributed by atoms with E-state index in [1.807, 2.05) is 0 Å². The minimum Gasteiger partial charge on any atom is -0.303 e. The summed E-state index contributed by atoms with van der Waals surface area (Å²) < 4.78 is 0. The molecule has 0 aromatic heterocycles. The van der Waals surface area contributed by atoms with Gasteiger partial charge in [0, 0.05) is 10.8 Å². The molecule has 0 amide bonds. The maximum atomic E-state index is 12.2. The smallest absolute Gasteiger partial charge is 0.127 e. The second kappa shape index (κ2) is 8.36. The molecular formula is C20H32O. The molecule has 0 heterocycles. The third kappa shape index (κ3) is 3.75. The third-order valence-electron chi connectivity index (χ3n) is 5.16. The quantitative estimate of drug-likeness (QED) is 0.488. The Balaban J connectivity index is 3.34. The standard InChI is InChI=1S/C20H32O/c1-5-8-16-19(4,18-12-10-9-11-13-18)20(17-21,14-6-2)15-7-3/h9-13,17H,5-8,14-16H2,1-4H3. The van der Waals surface area contributed by atoms with Crippen LogP contribution in [-0.2, 0) is 10.2 Å². The highest BCUT2D eigenvalue weighted by Crippen LogP contribution is 2.50. The maximum Gasteiger partial charge on any atom is 0.127 e. The summed E-state index contributed by atoms with van der Waals surface area (Å²) in [6, 6.07) is 10.7. The average molecular weight is 288 g/mol. The van der Waals surface area contributed by atoms with Crippen molar-refractivity contribution in [1.82, 2.24) is 0 Å². The predicted octanol–water partition coefficient (Wildman–Crippen LogP) is 5.92. The van der Waals surface area contributed by atoms with E-state index in [-0.39, 0.29) is 10.8 Å². The van der Waals surface area contributed by atoms with Gasteiger partial charge >= 0.3 is 0 Å². The van der Waals surface area contributed by atoms with E-state index in [4.69, 9.17) is 0 Å². The monoisotopic (exact) mass is 288 g/mol. The number of hydrogen-bond donors (Lipinski definition) is 0. The van der Waals surface area contributed by atoms with Gasteiger partial charge in [0.15, 0.2) is 0 Å². The van der Waals surface area contributed by atoms with E-state index in [0.717, 1.165) is 32.1 Å². The number of rotatable bonds is 10. The highest BCUT2D eigenvalue weighted by atomic mass is 16.1. The first-order valence-electron chi connectivity index (χ1n) is 8.62. The van der Waals surface area contributed by atoms with Crippen molar-refractivity contribution < 1.29 is 4.79 Å². The van der Waals surface area contributed by atoms with Crippen molar-refractivity contribution >= 4 is 6.29 Å². The fourth-order valence-electron chi connectivity index (χ4n) is 3.83. The van der Waals surface area contributed by atoms with Gasteiger partial charge in [0.1, 0.15) is 6.29 Å². The molecule has 0 spiro atoms. The first-order chi connectivity index (χ1) is 10.1. The van der Waals surface area contributed by atoms with Gasteiger partial charge < -0.3 is 4.79 Å². The molecule has 0 fully saturated rings. The SMILES string of the molecule is CCCCC(C)(c1ccccc1)C(C=O)(CCC)CCC. The Morgan fingerprint density at radius 3 is 1.90 bits per heavy atom. The molecule has 0 aliphatic heterocycles. The normalized spacial score (nSPS) is 14.7. The van der Waals surface area contributed by atoms with Crippen LogP contribution < -0.4 is 0 Å². The average Bonchev–Trinajstić information content (AvgIpc) is 2.53. The molecule has 1 unspecified atom stereocenters. The molecule has 0 aliphatic carbocycles. The highest BCUT2D eigenvalue weighted by molar-refractivity contribution is 5.63. The number of carbonyl (C=O) groups excluding carboxylic acids is 1. The molecule has 0 N–H and O–H groups in total. The van der Waals surface area contributed by atoms with Gasteiger partial charge in [-0.3, -0.25) is 0 Å². The third-order valence-corrected chi connectivity index (χ3v) is 5.16. The van der Waals surface area contributed by atoms with Crippen molar-refractivity contribution in [2.75, 3.05) is 0 Å². The number of hydrogen-bond acceptors (Lipinski definition) is 1. The van der Waals surface area contributed by atoms with Gasteiger partial charge in [-0.25, -0.2) is 0 Å². The number of unbranched alkanes of at least 4 members (excludes halogenated alkanes) is 1. The minimum absolute atomic E-state index is 0.0575. The summed E-state index contributed by atoms with van der Waals surface area (Å²) in [6.45, 7) is 8.93. The molecule has 1 rings (SSSR count). The second-order valence-electron chi connectivity index (χ2n) is 6.58. The van der Waals surface area contributed by atoms with E-state index in [2.05, 4.69) is 58.0 Å². The van der Waals surface area contributed by atoms with Crippen LogP contribution in [0.2, 0.25) is 0 Å². The van der Waals surface area contributed by atoms with Gasteiger partial charge in [-0.15, -0.1) is 0 Å². The Kier molecular flexibility index (Phi) is 7.14. The molecular weight excluding hydrogens is 256 g/mol. The fourth-order valence-corrected chi connectivity index (χ4v) is 3.83. The van der Waals surface area contributed by atoms with Gasteiger partial charge in [-0.2, -0.15) is 0 Å².